The maximum absolute atomic E-state index is 11.5. The van der Waals surface area contributed by atoms with Gasteiger partial charge < -0.3 is 25.8 Å². The number of amides is 1. The zero-order valence-corrected chi connectivity index (χ0v) is 14.3. The van der Waals surface area contributed by atoms with Gasteiger partial charge in [-0.05, 0) is 33.6 Å². The Morgan fingerprint density at radius 2 is 2.04 bits per heavy atom. The molecule has 0 spiro atoms. The Morgan fingerprint density at radius 1 is 1.30 bits per heavy atom. The van der Waals surface area contributed by atoms with Crippen LogP contribution in [0.1, 0.15) is 40.5 Å². The third-order valence-corrected chi connectivity index (χ3v) is 2.60. The lowest BCUT2D eigenvalue weighted by molar-refractivity contribution is 0.0528. The van der Waals surface area contributed by atoms with E-state index in [1.807, 2.05) is 27.7 Å². The van der Waals surface area contributed by atoms with Gasteiger partial charge in [0.15, 0.2) is 5.82 Å². The van der Waals surface area contributed by atoms with Gasteiger partial charge in [0.05, 0.1) is 6.61 Å². The molecular weight excluding hydrogens is 298 g/mol. The molecule has 0 saturated carbocycles. The predicted octanol–water partition coefficient (Wildman–Crippen LogP) is 2.17. The van der Waals surface area contributed by atoms with Gasteiger partial charge >= 0.3 is 6.09 Å². The van der Waals surface area contributed by atoms with Crippen molar-refractivity contribution in [2.75, 3.05) is 30.7 Å². The van der Waals surface area contributed by atoms with Gasteiger partial charge in [-0.3, -0.25) is 0 Å². The summed E-state index contributed by atoms with van der Waals surface area (Å²) in [5, 5.41) is 5.79. The van der Waals surface area contributed by atoms with Crippen molar-refractivity contribution in [1.29, 1.82) is 0 Å². The second kappa shape index (κ2) is 9.02. The van der Waals surface area contributed by atoms with Crippen molar-refractivity contribution in [3.63, 3.8) is 0 Å². The number of ether oxygens (including phenoxy) is 2. The summed E-state index contributed by atoms with van der Waals surface area (Å²) in [7, 11) is 0. The highest BCUT2D eigenvalue weighted by molar-refractivity contribution is 5.67. The lowest BCUT2D eigenvalue weighted by Gasteiger charge is -2.19. The molecule has 0 unspecified atom stereocenters. The van der Waals surface area contributed by atoms with Gasteiger partial charge in [0.2, 0.25) is 5.88 Å². The standard InChI is InChI=1S/C15H27N5O3/c1-5-9-22-13-11(16)12(19-10-20-13)17-7-6-8-18-14(21)23-15(2,3)4/h10H,5-9,16H2,1-4H3,(H,18,21)(H,17,19,20). The highest BCUT2D eigenvalue weighted by Crippen LogP contribution is 2.24. The van der Waals surface area contributed by atoms with Gasteiger partial charge in [0.1, 0.15) is 17.6 Å². The summed E-state index contributed by atoms with van der Waals surface area (Å²) in [6.45, 7) is 9.13. The van der Waals surface area contributed by atoms with E-state index in [2.05, 4.69) is 20.6 Å². The zero-order chi connectivity index (χ0) is 17.3. The molecule has 0 bridgehead atoms. The van der Waals surface area contributed by atoms with Crippen LogP contribution in [0.15, 0.2) is 6.33 Å². The lowest BCUT2D eigenvalue weighted by Crippen LogP contribution is -2.33. The van der Waals surface area contributed by atoms with E-state index in [0.717, 1.165) is 6.42 Å². The van der Waals surface area contributed by atoms with Crippen LogP contribution in [-0.4, -0.2) is 41.4 Å². The van der Waals surface area contributed by atoms with Crippen LogP contribution >= 0.6 is 0 Å². The second-order valence-electron chi connectivity index (χ2n) is 6.00. The molecule has 4 N–H and O–H groups in total. The summed E-state index contributed by atoms with van der Waals surface area (Å²) in [6, 6.07) is 0. The molecule has 1 amide bonds. The Labute approximate surface area is 137 Å². The van der Waals surface area contributed by atoms with E-state index in [4.69, 9.17) is 15.2 Å². The number of carbonyl (C=O) groups is 1. The minimum Gasteiger partial charge on any atom is -0.476 e. The van der Waals surface area contributed by atoms with Crippen molar-refractivity contribution < 1.29 is 14.3 Å². The third kappa shape index (κ3) is 7.53. The molecule has 1 aromatic rings. The molecule has 0 saturated heterocycles. The fourth-order valence-electron chi connectivity index (χ4n) is 1.63. The van der Waals surface area contributed by atoms with E-state index in [1.165, 1.54) is 6.33 Å². The average Bonchev–Trinajstić information content (AvgIpc) is 2.45. The van der Waals surface area contributed by atoms with E-state index in [0.29, 0.717) is 43.5 Å². The fourth-order valence-corrected chi connectivity index (χ4v) is 1.63. The Balaban J connectivity index is 2.32. The number of aromatic nitrogens is 2. The SMILES string of the molecule is CCCOc1ncnc(NCCCNC(=O)OC(C)(C)C)c1N. The normalized spacial score (nSPS) is 11.0. The monoisotopic (exact) mass is 325 g/mol. The first-order valence-electron chi connectivity index (χ1n) is 7.77. The third-order valence-electron chi connectivity index (χ3n) is 2.60. The van der Waals surface area contributed by atoms with Crippen molar-refractivity contribution in [3.05, 3.63) is 6.33 Å². The van der Waals surface area contributed by atoms with E-state index >= 15 is 0 Å². The number of nitrogens with zero attached hydrogens (tertiary/aromatic N) is 2. The first-order valence-corrected chi connectivity index (χ1v) is 7.77. The molecule has 1 heterocycles. The molecule has 0 atom stereocenters. The minimum atomic E-state index is -0.493. The quantitative estimate of drug-likeness (QED) is 0.628. The molecule has 0 aliphatic rings. The highest BCUT2D eigenvalue weighted by atomic mass is 16.6. The van der Waals surface area contributed by atoms with Crippen LogP contribution in [0.3, 0.4) is 0 Å². The average molecular weight is 325 g/mol. The van der Waals surface area contributed by atoms with E-state index in [1.54, 1.807) is 0 Å². The Morgan fingerprint density at radius 3 is 2.70 bits per heavy atom. The van der Waals surface area contributed by atoms with Crippen LogP contribution in [0.25, 0.3) is 0 Å². The topological polar surface area (TPSA) is 111 Å². The summed E-state index contributed by atoms with van der Waals surface area (Å²) < 4.78 is 10.6. The van der Waals surface area contributed by atoms with Crippen molar-refractivity contribution in [2.24, 2.45) is 0 Å². The van der Waals surface area contributed by atoms with Crippen LogP contribution in [0.2, 0.25) is 0 Å². The molecule has 1 rings (SSSR count). The second-order valence-corrected chi connectivity index (χ2v) is 6.00. The van der Waals surface area contributed by atoms with Crippen LogP contribution < -0.4 is 21.1 Å². The summed E-state index contributed by atoms with van der Waals surface area (Å²) in [5.74, 6) is 0.916. The number of nitrogens with one attached hydrogen (secondary N) is 2. The summed E-state index contributed by atoms with van der Waals surface area (Å²) in [5.41, 5.74) is 5.85. The fraction of sp³-hybridized carbons (Fsp3) is 0.667. The molecule has 0 aliphatic heterocycles. The number of hydrogen-bond acceptors (Lipinski definition) is 7. The number of anilines is 2. The summed E-state index contributed by atoms with van der Waals surface area (Å²) in [4.78, 5) is 19.6. The van der Waals surface area contributed by atoms with Crippen molar-refractivity contribution in [2.45, 2.75) is 46.1 Å². The number of carbonyl (C=O) groups excluding carboxylic acids is 1. The van der Waals surface area contributed by atoms with E-state index in [-0.39, 0.29) is 0 Å². The van der Waals surface area contributed by atoms with Crippen LogP contribution in [0, 0.1) is 0 Å². The molecule has 0 fully saturated rings. The minimum absolute atomic E-state index is 0.385. The van der Waals surface area contributed by atoms with E-state index < -0.39 is 11.7 Å². The molecule has 0 radical (unpaired) electrons. The first kappa shape index (κ1) is 18.8. The number of alkyl carbamates (subject to hydrolysis) is 1. The molecule has 23 heavy (non-hydrogen) atoms. The summed E-state index contributed by atoms with van der Waals surface area (Å²) >= 11 is 0. The molecular formula is C15H27N5O3. The largest absolute Gasteiger partial charge is 0.476 e. The van der Waals surface area contributed by atoms with Gasteiger partial charge in [-0.25, -0.2) is 9.78 Å². The van der Waals surface area contributed by atoms with Crippen LogP contribution in [0.5, 0.6) is 5.88 Å². The molecule has 130 valence electrons. The zero-order valence-electron chi connectivity index (χ0n) is 14.3. The molecule has 8 heteroatoms. The molecule has 0 aliphatic carbocycles. The van der Waals surface area contributed by atoms with E-state index in [9.17, 15) is 4.79 Å². The van der Waals surface area contributed by atoms with Gasteiger partial charge in [-0.2, -0.15) is 4.98 Å². The summed E-state index contributed by atoms with van der Waals surface area (Å²) in [6.07, 6.45) is 2.56. The Kier molecular flexibility index (Phi) is 7.37. The maximum Gasteiger partial charge on any atom is 0.407 e. The maximum atomic E-state index is 11.5. The van der Waals surface area contributed by atoms with Crippen LogP contribution in [-0.2, 0) is 4.74 Å². The predicted molar refractivity (Wildman–Crippen MR) is 89.6 cm³/mol. The molecule has 8 nitrogen and oxygen atoms in total. The number of hydrogen-bond donors (Lipinski definition) is 3. The highest BCUT2D eigenvalue weighted by Gasteiger charge is 2.15. The van der Waals surface area contributed by atoms with Gasteiger partial charge in [0, 0.05) is 13.1 Å². The molecule has 0 aromatic carbocycles. The van der Waals surface area contributed by atoms with Gasteiger partial charge in [0.25, 0.3) is 0 Å². The Bertz CT molecular complexity index is 502. The Hall–Kier alpha value is -2.25. The smallest absolute Gasteiger partial charge is 0.407 e. The number of nitrogen functional groups attached to an aromatic ring is 1. The van der Waals surface area contributed by atoms with Crippen molar-refractivity contribution in [1.82, 2.24) is 15.3 Å². The molecule has 1 aromatic heterocycles. The first-order chi connectivity index (χ1) is 10.8. The number of rotatable bonds is 8. The van der Waals surface area contributed by atoms with Crippen molar-refractivity contribution in [3.8, 4) is 5.88 Å². The number of nitrogens with two attached hydrogens (primary N) is 1. The van der Waals surface area contributed by atoms with Crippen LogP contribution in [0.4, 0.5) is 16.3 Å². The van der Waals surface area contributed by atoms with Crippen molar-refractivity contribution >= 4 is 17.6 Å². The van der Waals surface area contributed by atoms with Gasteiger partial charge in [-0.15, -0.1) is 0 Å². The lowest BCUT2D eigenvalue weighted by atomic mass is 10.2. The van der Waals surface area contributed by atoms with Gasteiger partial charge in [-0.1, -0.05) is 6.92 Å².